The zero-order valence-corrected chi connectivity index (χ0v) is 19.6. The van der Waals surface area contributed by atoms with Gasteiger partial charge in [0.25, 0.3) is 0 Å². The van der Waals surface area contributed by atoms with Crippen LogP contribution in [0.15, 0.2) is 73.3 Å². The molecule has 2 aromatic carbocycles. The van der Waals surface area contributed by atoms with Gasteiger partial charge >= 0.3 is 18.0 Å². The van der Waals surface area contributed by atoms with E-state index in [9.17, 15) is 14.4 Å². The molecule has 0 spiro atoms. The Bertz CT molecular complexity index is 932. The van der Waals surface area contributed by atoms with Crippen LogP contribution in [0.2, 0.25) is 0 Å². The minimum Gasteiger partial charge on any atom is -0.455 e. The highest BCUT2D eigenvalue weighted by atomic mass is 35.6. The second-order valence-electron chi connectivity index (χ2n) is 6.64. The Kier molecular flexibility index (Phi) is 9.42. The predicted octanol–water partition coefficient (Wildman–Crippen LogP) is 4.90. The molecule has 176 valence electrons. The summed E-state index contributed by atoms with van der Waals surface area (Å²) in [5, 5.41) is 2.26. The van der Waals surface area contributed by atoms with Crippen molar-refractivity contribution in [2.75, 3.05) is 6.61 Å². The second kappa shape index (κ2) is 12.5. The largest absolute Gasteiger partial charge is 0.455 e. The van der Waals surface area contributed by atoms with Gasteiger partial charge in [-0.1, -0.05) is 102 Å². The molecule has 0 bridgehead atoms. The zero-order valence-electron chi connectivity index (χ0n) is 18.3. The van der Waals surface area contributed by atoms with Crippen LogP contribution in [-0.2, 0) is 23.8 Å². The van der Waals surface area contributed by atoms with Gasteiger partial charge in [0, 0.05) is 8.27 Å². The van der Waals surface area contributed by atoms with E-state index in [4.69, 9.17) is 50.4 Å². The molecule has 1 amide bonds. The molecule has 7 nitrogen and oxygen atoms in total. The molecule has 0 aromatic heterocycles. The molecule has 2 unspecified atom stereocenters. The molecule has 2 atom stereocenters. The molecule has 0 saturated carbocycles. The van der Waals surface area contributed by atoms with Crippen LogP contribution in [0.4, 0.5) is 4.79 Å². The first-order valence-corrected chi connectivity index (χ1v) is 10.7. The molecular formula is C23H22Cl3NO6. The van der Waals surface area contributed by atoms with Crippen molar-refractivity contribution in [1.29, 1.82) is 0 Å². The minimum atomic E-state index is -1.88. The summed E-state index contributed by atoms with van der Waals surface area (Å²) in [6.45, 7) is 2.23. The number of amides is 1. The van der Waals surface area contributed by atoms with E-state index in [1.54, 1.807) is 48.5 Å². The number of nitrogens with one attached hydrogen (secondary N) is 1. The van der Waals surface area contributed by atoms with Crippen molar-refractivity contribution in [2.45, 2.75) is 28.9 Å². The van der Waals surface area contributed by atoms with E-state index >= 15 is 0 Å². The lowest BCUT2D eigenvalue weighted by molar-refractivity contribution is -0.157. The number of carbonyl (C=O) groups is 3. The molecule has 0 heterocycles. The van der Waals surface area contributed by atoms with Gasteiger partial charge in [0.15, 0.2) is 18.2 Å². The number of ether oxygens (including phenoxy) is 3. The maximum Gasteiger partial charge on any atom is 0.408 e. The number of carbonyl (C=O) groups excluding carboxylic acids is 3. The molecule has 2 rings (SSSR count). The quantitative estimate of drug-likeness (QED) is 0.221. The number of benzene rings is 2. The summed E-state index contributed by atoms with van der Waals surface area (Å²) >= 11 is 16.8. The average molecular weight is 516 g/mol. The maximum absolute atomic E-state index is 13.3. The highest BCUT2D eigenvalue weighted by Gasteiger charge is 2.35. The fraction of sp³-hybridized carbons (Fsp3) is 0.261. The molecule has 2 aromatic rings. The minimum absolute atomic E-state index is 0.604. The van der Waals surface area contributed by atoms with Crippen LogP contribution in [0.3, 0.4) is 0 Å². The Morgan fingerprint density at radius 2 is 1.58 bits per heavy atom. The lowest BCUT2D eigenvalue weighted by Gasteiger charge is -2.27. The van der Waals surface area contributed by atoms with E-state index in [1.165, 1.54) is 0 Å². The molecule has 10 heteroatoms. The van der Waals surface area contributed by atoms with Crippen molar-refractivity contribution in [3.8, 4) is 0 Å². The summed E-state index contributed by atoms with van der Waals surface area (Å²) in [4.78, 5) is 37.2. The number of hydrogen-bond acceptors (Lipinski definition) is 6. The van der Waals surface area contributed by atoms with Crippen molar-refractivity contribution in [2.24, 2.45) is 0 Å². The Morgan fingerprint density at radius 3 is 2.03 bits per heavy atom. The normalized spacial score (nSPS) is 13.3. The Morgan fingerprint density at radius 1 is 1.03 bits per heavy atom. The SMILES string of the molecule is [2H]CC(=O)OC(C=C)C(NC(=O)OCC(Cl)(Cl)Cl)C(=O)OC(c1ccccc1)c1ccccc1. The van der Waals surface area contributed by atoms with Crippen LogP contribution in [0.25, 0.3) is 0 Å². The second-order valence-corrected chi connectivity index (χ2v) is 9.16. The first kappa shape index (κ1) is 24.9. The molecule has 0 saturated heterocycles. The molecule has 0 aliphatic rings. The monoisotopic (exact) mass is 514 g/mol. The summed E-state index contributed by atoms with van der Waals surface area (Å²) in [6, 6.07) is 16.3. The highest BCUT2D eigenvalue weighted by molar-refractivity contribution is 6.67. The smallest absolute Gasteiger partial charge is 0.408 e. The number of rotatable bonds is 9. The van der Waals surface area contributed by atoms with Crippen molar-refractivity contribution >= 4 is 52.8 Å². The highest BCUT2D eigenvalue weighted by Crippen LogP contribution is 2.27. The third-order valence-corrected chi connectivity index (χ3v) is 4.49. The maximum atomic E-state index is 13.3. The fourth-order valence-corrected chi connectivity index (χ4v) is 2.93. The average Bonchev–Trinajstić information content (AvgIpc) is 2.83. The van der Waals surface area contributed by atoms with Gasteiger partial charge in [0.05, 0.1) is 0 Å². The third-order valence-electron chi connectivity index (χ3n) is 4.16. The van der Waals surface area contributed by atoms with Gasteiger partial charge < -0.3 is 19.5 Å². The standard InChI is InChI=1S/C23H22Cl3NO6/c1-3-18(32-15(2)28)19(27-22(30)31-14-23(24,25)26)21(29)33-20(16-10-6-4-7-11-16)17-12-8-5-9-13-17/h3-13,18-20H,1,14H2,2H3,(H,27,30)/i2D. The van der Waals surface area contributed by atoms with Gasteiger partial charge in [0.1, 0.15) is 6.61 Å². The first-order valence-electron chi connectivity index (χ1n) is 10.3. The van der Waals surface area contributed by atoms with Crippen LogP contribution < -0.4 is 5.32 Å². The van der Waals surface area contributed by atoms with E-state index in [0.29, 0.717) is 11.1 Å². The van der Waals surface area contributed by atoms with E-state index in [1.807, 2.05) is 12.1 Å². The van der Waals surface area contributed by atoms with E-state index in [0.717, 1.165) is 6.08 Å². The lowest BCUT2D eigenvalue weighted by atomic mass is 10.0. The molecule has 0 fully saturated rings. The topological polar surface area (TPSA) is 90.9 Å². The van der Waals surface area contributed by atoms with Crippen molar-refractivity contribution in [3.63, 3.8) is 0 Å². The lowest BCUT2D eigenvalue weighted by Crippen LogP contribution is -2.51. The molecule has 1 N–H and O–H groups in total. The van der Waals surface area contributed by atoms with Crippen LogP contribution >= 0.6 is 34.8 Å². The summed E-state index contributed by atoms with van der Waals surface area (Å²) < 4.78 is 20.9. The van der Waals surface area contributed by atoms with E-state index in [2.05, 4.69) is 11.9 Å². The van der Waals surface area contributed by atoms with Gasteiger partial charge in [0.2, 0.25) is 3.79 Å². The molecule has 33 heavy (non-hydrogen) atoms. The number of halogens is 3. The molecular weight excluding hydrogens is 493 g/mol. The molecule has 0 aliphatic carbocycles. The summed E-state index contributed by atoms with van der Waals surface area (Å²) in [5.41, 5.74) is 1.33. The fourth-order valence-electron chi connectivity index (χ4n) is 2.77. The van der Waals surface area contributed by atoms with E-state index in [-0.39, 0.29) is 0 Å². The zero-order chi connectivity index (χ0) is 25.1. The van der Waals surface area contributed by atoms with E-state index < -0.39 is 53.6 Å². The number of alkyl halides is 3. The van der Waals surface area contributed by atoms with Crippen molar-refractivity contribution in [3.05, 3.63) is 84.4 Å². The van der Waals surface area contributed by atoms with Gasteiger partial charge in [-0.2, -0.15) is 0 Å². The first-order chi connectivity index (χ1) is 16.1. The number of esters is 2. The van der Waals surface area contributed by atoms with Crippen LogP contribution in [0, 0.1) is 0 Å². The third kappa shape index (κ3) is 8.96. The van der Waals surface area contributed by atoms with Gasteiger partial charge in [-0.25, -0.2) is 9.59 Å². The Balaban J connectivity index is 2.32. The van der Waals surface area contributed by atoms with Crippen molar-refractivity contribution in [1.82, 2.24) is 5.32 Å². The summed E-state index contributed by atoms with van der Waals surface area (Å²) in [6.07, 6.45) is -2.21. The number of hydrogen-bond donors (Lipinski definition) is 1. The van der Waals surface area contributed by atoms with Crippen LogP contribution in [0.5, 0.6) is 0 Å². The van der Waals surface area contributed by atoms with Gasteiger partial charge in [-0.3, -0.25) is 4.79 Å². The summed E-state index contributed by atoms with van der Waals surface area (Å²) in [7, 11) is 0. The Labute approximate surface area is 208 Å². The predicted molar refractivity (Wildman–Crippen MR) is 125 cm³/mol. The van der Waals surface area contributed by atoms with Gasteiger partial charge in [-0.15, -0.1) is 0 Å². The summed E-state index contributed by atoms with van der Waals surface area (Å²) in [5.74, 6) is -1.90. The van der Waals surface area contributed by atoms with Crippen LogP contribution in [0.1, 0.15) is 25.5 Å². The molecule has 0 radical (unpaired) electrons. The molecule has 0 aliphatic heterocycles. The number of alkyl carbamates (subject to hydrolysis) is 1. The van der Waals surface area contributed by atoms with Crippen molar-refractivity contribution < 1.29 is 30.0 Å². The van der Waals surface area contributed by atoms with Crippen LogP contribution in [-0.4, -0.2) is 40.6 Å². The Hall–Kier alpha value is -2.74. The van der Waals surface area contributed by atoms with Gasteiger partial charge in [-0.05, 0) is 17.2 Å².